The predicted octanol–water partition coefficient (Wildman–Crippen LogP) is -1.07. The molecular weight excluding hydrogens is 203 g/mol. The summed E-state index contributed by atoms with van der Waals surface area (Å²) in [6.07, 6.45) is 0. The van der Waals surface area contributed by atoms with Gasteiger partial charge in [-0.3, -0.25) is 0 Å². The second-order valence-electron chi connectivity index (χ2n) is 0. The van der Waals surface area contributed by atoms with Crippen LogP contribution < -0.4 is 0 Å². The van der Waals surface area contributed by atoms with E-state index in [4.69, 9.17) is 0 Å². The molecule has 0 amide bonds. The average Bonchev–Trinajstić information content (AvgIpc) is 0. The van der Waals surface area contributed by atoms with E-state index in [2.05, 4.69) is 0 Å². The molecule has 0 aliphatic heterocycles. The summed E-state index contributed by atoms with van der Waals surface area (Å²) < 4.78 is 0. The molecule has 8 heavy (non-hydrogen) atoms. The van der Waals surface area contributed by atoms with Crippen LogP contribution in [0.5, 0.6) is 0 Å². The molecule has 56 valence electrons. The van der Waals surface area contributed by atoms with Crippen LogP contribution in [0.1, 0.15) is 0 Å². The fourth-order valence-corrected chi connectivity index (χ4v) is 0. The van der Waals surface area contributed by atoms with Crippen LogP contribution in [0.15, 0.2) is 0 Å². The van der Waals surface area contributed by atoms with Gasteiger partial charge < -0.3 is 32.9 Å². The van der Waals surface area contributed by atoms with E-state index in [9.17, 15) is 0 Å². The average molecular weight is 209 g/mol. The third-order valence-corrected chi connectivity index (χ3v) is 0. The Morgan fingerprint density at radius 3 is 0.375 bits per heavy atom. The molecule has 0 spiro atoms. The Morgan fingerprint density at radius 2 is 0.375 bits per heavy atom. The van der Waals surface area contributed by atoms with Gasteiger partial charge in [0.05, 0.1) is 0 Å². The second-order valence-corrected chi connectivity index (χ2v) is 0. The van der Waals surface area contributed by atoms with E-state index in [1.54, 1.807) is 0 Å². The van der Waals surface area contributed by atoms with Crippen molar-refractivity contribution in [2.24, 2.45) is 0 Å². The molecule has 0 aromatic rings. The Labute approximate surface area is 71.3 Å². The maximum Gasteiger partial charge on any atom is 4.00 e. The minimum absolute atomic E-state index is 0. The van der Waals surface area contributed by atoms with Crippen LogP contribution in [0.2, 0.25) is 0 Å². The maximum absolute atomic E-state index is 0. The monoisotopic (exact) mass is 208 g/mol. The minimum Gasteiger partial charge on any atom is -0.870 e. The van der Waals surface area contributed by atoms with Crippen molar-refractivity contribution in [2.75, 3.05) is 0 Å². The molecule has 0 saturated carbocycles. The molecular formula is H6NiO6Ti. The van der Waals surface area contributed by atoms with Crippen LogP contribution in [-0.4, -0.2) is 32.9 Å². The van der Waals surface area contributed by atoms with Gasteiger partial charge in [-0.25, -0.2) is 0 Å². The van der Waals surface area contributed by atoms with E-state index in [0.717, 1.165) is 0 Å². The fourth-order valence-electron chi connectivity index (χ4n) is 0. The van der Waals surface area contributed by atoms with Gasteiger partial charge in [0.25, 0.3) is 0 Å². The van der Waals surface area contributed by atoms with E-state index < -0.39 is 0 Å². The van der Waals surface area contributed by atoms with E-state index >= 15 is 0 Å². The van der Waals surface area contributed by atoms with Crippen molar-refractivity contribution >= 4 is 0 Å². The molecule has 0 aromatic carbocycles. The van der Waals surface area contributed by atoms with Gasteiger partial charge in [0.1, 0.15) is 0 Å². The van der Waals surface area contributed by atoms with Crippen LogP contribution in [0.4, 0.5) is 0 Å². The van der Waals surface area contributed by atoms with Crippen molar-refractivity contribution in [2.45, 2.75) is 0 Å². The summed E-state index contributed by atoms with van der Waals surface area (Å²) in [6, 6.07) is 0. The van der Waals surface area contributed by atoms with Gasteiger partial charge in [-0.1, -0.05) is 0 Å². The van der Waals surface area contributed by atoms with Gasteiger partial charge in [0.2, 0.25) is 0 Å². The first kappa shape index (κ1) is 608. The molecule has 0 fully saturated rings. The van der Waals surface area contributed by atoms with Crippen LogP contribution in [0, 0.1) is 0 Å². The van der Waals surface area contributed by atoms with E-state index in [0.29, 0.717) is 0 Å². The fraction of sp³-hybridized carbons (Fsp3) is 0. The van der Waals surface area contributed by atoms with Crippen molar-refractivity contribution in [3.8, 4) is 0 Å². The molecule has 0 atom stereocenters. The zero-order valence-electron chi connectivity index (χ0n) is 3.50. The molecule has 0 aliphatic carbocycles. The quantitative estimate of drug-likeness (QED) is 0.457. The molecule has 0 rings (SSSR count). The Kier molecular flexibility index (Phi) is 31400. The summed E-state index contributed by atoms with van der Waals surface area (Å²) in [5, 5.41) is 0. The first-order chi connectivity index (χ1) is 0. The number of rotatable bonds is 0. The molecule has 0 radical (unpaired) electrons. The SMILES string of the molecule is [Ni+2].[OH-].[OH-].[OH-].[OH-].[OH-].[OH-].[Ti+4]. The molecule has 0 heterocycles. The zero-order chi connectivity index (χ0) is 0. The largest absolute Gasteiger partial charge is 4.00 e. The third-order valence-electron chi connectivity index (χ3n) is 0. The summed E-state index contributed by atoms with van der Waals surface area (Å²) in [4.78, 5) is 0. The van der Waals surface area contributed by atoms with Crippen LogP contribution in [-0.2, 0) is 38.2 Å². The van der Waals surface area contributed by atoms with Gasteiger partial charge in [-0.2, -0.15) is 0 Å². The van der Waals surface area contributed by atoms with Crippen LogP contribution >= 0.6 is 0 Å². The molecule has 0 aromatic heterocycles. The molecule has 0 aliphatic rings. The van der Waals surface area contributed by atoms with Crippen molar-refractivity contribution in [3.05, 3.63) is 0 Å². The Morgan fingerprint density at radius 1 is 0.375 bits per heavy atom. The topological polar surface area (TPSA) is 180 Å². The minimum atomic E-state index is 0. The molecule has 8 heteroatoms. The summed E-state index contributed by atoms with van der Waals surface area (Å²) in [7, 11) is 0. The Balaban J connectivity index is 0. The zero-order valence-corrected chi connectivity index (χ0v) is 6.05. The first-order valence-electron chi connectivity index (χ1n) is 0. The number of hydrogen-bond acceptors (Lipinski definition) is 6. The molecule has 0 unspecified atom stereocenters. The third kappa shape index (κ3) is 265. The summed E-state index contributed by atoms with van der Waals surface area (Å²) >= 11 is 0. The van der Waals surface area contributed by atoms with Gasteiger partial charge >= 0.3 is 38.2 Å². The van der Waals surface area contributed by atoms with Gasteiger partial charge in [0.15, 0.2) is 0 Å². The van der Waals surface area contributed by atoms with Crippen molar-refractivity contribution in [3.63, 3.8) is 0 Å². The summed E-state index contributed by atoms with van der Waals surface area (Å²) in [6.45, 7) is 0. The second kappa shape index (κ2) is 413. The first-order valence-corrected chi connectivity index (χ1v) is 0. The van der Waals surface area contributed by atoms with E-state index in [1.165, 1.54) is 0 Å². The van der Waals surface area contributed by atoms with Crippen LogP contribution in [0.3, 0.4) is 0 Å². The Bertz CT molecular complexity index is 8.49. The van der Waals surface area contributed by atoms with E-state index in [-0.39, 0.29) is 71.1 Å². The van der Waals surface area contributed by atoms with Crippen LogP contribution in [0.25, 0.3) is 0 Å². The Hall–Kier alpha value is 0.968. The van der Waals surface area contributed by atoms with Crippen molar-refractivity contribution in [1.29, 1.82) is 0 Å². The van der Waals surface area contributed by atoms with Crippen molar-refractivity contribution < 1.29 is 71.1 Å². The predicted molar refractivity (Wildman–Crippen MR) is 11.6 cm³/mol. The van der Waals surface area contributed by atoms with Gasteiger partial charge in [-0.05, 0) is 0 Å². The molecule has 6 N–H and O–H groups in total. The van der Waals surface area contributed by atoms with Gasteiger partial charge in [0, 0.05) is 0 Å². The van der Waals surface area contributed by atoms with E-state index in [1.807, 2.05) is 0 Å². The molecule has 6 nitrogen and oxygen atoms in total. The smallest absolute Gasteiger partial charge is 0.870 e. The maximum atomic E-state index is 0. The standard InChI is InChI=1S/Ni.6H2O.Ti/h;6*1H2;/q+2;;;;;;;+4/p-6. The number of hydrogen-bond donors (Lipinski definition) is 0. The normalized spacial score (nSPS) is 0. The molecule has 0 bridgehead atoms. The van der Waals surface area contributed by atoms with Crippen molar-refractivity contribution in [1.82, 2.24) is 0 Å². The summed E-state index contributed by atoms with van der Waals surface area (Å²) in [5.74, 6) is 0. The summed E-state index contributed by atoms with van der Waals surface area (Å²) in [5.41, 5.74) is 0. The van der Waals surface area contributed by atoms with Gasteiger partial charge in [-0.15, -0.1) is 0 Å². The molecule has 0 saturated heterocycles.